The SMILES string of the molecule is C#CCC(c1nc2cc(Cl)ccc2c(=O)n1Nc1ccccc1)N(CCCN)C(=O)c1cccc(Cl)c1F. The van der Waals surface area contributed by atoms with Crippen LogP contribution in [-0.2, 0) is 0 Å². The van der Waals surface area contributed by atoms with Gasteiger partial charge in [-0.3, -0.25) is 15.0 Å². The number of halogens is 3. The number of rotatable bonds is 9. The lowest BCUT2D eigenvalue weighted by Gasteiger charge is -2.32. The molecule has 7 nitrogen and oxygen atoms in total. The Hall–Kier alpha value is -3.90. The Balaban J connectivity index is 1.95. The molecule has 3 aromatic carbocycles. The summed E-state index contributed by atoms with van der Waals surface area (Å²) in [7, 11) is 0. The molecular formula is C28H24Cl2FN5O2. The summed E-state index contributed by atoms with van der Waals surface area (Å²) in [6, 6.07) is 17.0. The second-order valence-electron chi connectivity index (χ2n) is 8.42. The minimum atomic E-state index is -0.926. The molecule has 1 amide bonds. The van der Waals surface area contributed by atoms with Crippen molar-refractivity contribution in [1.82, 2.24) is 14.6 Å². The van der Waals surface area contributed by atoms with Gasteiger partial charge in [-0.1, -0.05) is 47.5 Å². The average molecular weight is 552 g/mol. The fourth-order valence-electron chi connectivity index (χ4n) is 4.09. The zero-order chi connectivity index (χ0) is 27.2. The van der Waals surface area contributed by atoms with E-state index in [1.165, 1.54) is 27.8 Å². The molecule has 0 aliphatic carbocycles. The molecule has 4 rings (SSSR count). The zero-order valence-electron chi connectivity index (χ0n) is 20.2. The lowest BCUT2D eigenvalue weighted by Crippen LogP contribution is -2.41. The summed E-state index contributed by atoms with van der Waals surface area (Å²) in [5.74, 6) is 1.21. The molecule has 1 atom stereocenters. The van der Waals surface area contributed by atoms with Crippen molar-refractivity contribution >= 4 is 45.7 Å². The van der Waals surface area contributed by atoms with E-state index in [4.69, 9.17) is 40.3 Å². The molecule has 3 N–H and O–H groups in total. The van der Waals surface area contributed by atoms with Crippen LogP contribution in [0.15, 0.2) is 71.5 Å². The third-order valence-corrected chi connectivity index (χ3v) is 6.43. The molecule has 1 unspecified atom stereocenters. The van der Waals surface area contributed by atoms with Gasteiger partial charge in [-0.2, -0.15) is 0 Å². The van der Waals surface area contributed by atoms with E-state index >= 15 is 0 Å². The third kappa shape index (κ3) is 5.65. The van der Waals surface area contributed by atoms with Gasteiger partial charge in [-0.15, -0.1) is 12.3 Å². The van der Waals surface area contributed by atoms with Crippen molar-refractivity contribution < 1.29 is 9.18 Å². The van der Waals surface area contributed by atoms with Crippen molar-refractivity contribution in [3.63, 3.8) is 0 Å². The van der Waals surface area contributed by atoms with Gasteiger partial charge in [0.2, 0.25) is 0 Å². The highest BCUT2D eigenvalue weighted by atomic mass is 35.5. The van der Waals surface area contributed by atoms with Crippen LogP contribution in [0, 0.1) is 18.2 Å². The van der Waals surface area contributed by atoms with Crippen LogP contribution in [0.2, 0.25) is 10.0 Å². The number of anilines is 1. The highest BCUT2D eigenvalue weighted by Gasteiger charge is 2.31. The van der Waals surface area contributed by atoms with E-state index in [1.807, 2.05) is 6.07 Å². The molecule has 10 heteroatoms. The molecule has 0 saturated carbocycles. The minimum absolute atomic E-state index is 0.0204. The van der Waals surface area contributed by atoms with Gasteiger partial charge in [0, 0.05) is 18.0 Å². The Kier molecular flexibility index (Phi) is 8.64. The van der Waals surface area contributed by atoms with Gasteiger partial charge in [-0.25, -0.2) is 14.1 Å². The molecule has 0 aliphatic heterocycles. The number of amides is 1. The molecule has 0 aliphatic rings. The number of nitrogens with one attached hydrogen (secondary N) is 1. The van der Waals surface area contributed by atoms with Crippen molar-refractivity contribution in [1.29, 1.82) is 0 Å². The number of hydrogen-bond acceptors (Lipinski definition) is 5. The number of aromatic nitrogens is 2. The topological polar surface area (TPSA) is 93.2 Å². The van der Waals surface area contributed by atoms with E-state index in [-0.39, 0.29) is 35.9 Å². The largest absolute Gasteiger partial charge is 0.330 e. The van der Waals surface area contributed by atoms with Gasteiger partial charge >= 0.3 is 0 Å². The highest BCUT2D eigenvalue weighted by Crippen LogP contribution is 2.28. The van der Waals surface area contributed by atoms with E-state index in [0.717, 1.165) is 0 Å². The van der Waals surface area contributed by atoms with Gasteiger partial charge in [0.05, 0.1) is 27.2 Å². The van der Waals surface area contributed by atoms with Crippen LogP contribution in [0.1, 0.15) is 35.1 Å². The average Bonchev–Trinajstić information content (AvgIpc) is 2.91. The molecule has 194 valence electrons. The first kappa shape index (κ1) is 27.1. The summed E-state index contributed by atoms with van der Waals surface area (Å²) in [4.78, 5) is 33.6. The van der Waals surface area contributed by atoms with E-state index < -0.39 is 23.3 Å². The first-order chi connectivity index (χ1) is 18.3. The molecule has 0 saturated heterocycles. The van der Waals surface area contributed by atoms with Crippen molar-refractivity contribution in [2.24, 2.45) is 5.73 Å². The first-order valence-electron chi connectivity index (χ1n) is 11.8. The fourth-order valence-corrected chi connectivity index (χ4v) is 4.43. The number of hydrogen-bond donors (Lipinski definition) is 2. The second-order valence-corrected chi connectivity index (χ2v) is 9.26. The normalized spacial score (nSPS) is 11.7. The predicted molar refractivity (Wildman–Crippen MR) is 149 cm³/mol. The Morgan fingerprint density at radius 3 is 2.63 bits per heavy atom. The Labute approximate surface area is 229 Å². The number of para-hydroxylation sites is 1. The van der Waals surface area contributed by atoms with E-state index in [9.17, 15) is 14.0 Å². The number of carbonyl (C=O) groups excluding carboxylic acids is 1. The second kappa shape index (κ2) is 12.1. The maximum atomic E-state index is 14.9. The number of nitrogens with two attached hydrogens (primary N) is 1. The van der Waals surface area contributed by atoms with Crippen LogP contribution in [0.25, 0.3) is 10.9 Å². The van der Waals surface area contributed by atoms with E-state index in [0.29, 0.717) is 28.0 Å². The number of carbonyl (C=O) groups is 1. The lowest BCUT2D eigenvalue weighted by molar-refractivity contribution is 0.0661. The molecule has 1 heterocycles. The van der Waals surface area contributed by atoms with E-state index in [2.05, 4.69) is 11.3 Å². The minimum Gasteiger partial charge on any atom is -0.330 e. The molecular weight excluding hydrogens is 528 g/mol. The molecule has 0 spiro atoms. The molecule has 0 fully saturated rings. The number of fused-ring (bicyclic) bond motifs is 1. The van der Waals surface area contributed by atoms with Gasteiger partial charge in [0.25, 0.3) is 11.5 Å². The maximum absolute atomic E-state index is 14.9. The molecule has 38 heavy (non-hydrogen) atoms. The summed E-state index contributed by atoms with van der Waals surface area (Å²) in [5.41, 5.74) is 9.11. The summed E-state index contributed by atoms with van der Waals surface area (Å²) < 4.78 is 16.2. The molecule has 1 aromatic heterocycles. The first-order valence-corrected chi connectivity index (χ1v) is 12.5. The van der Waals surface area contributed by atoms with Gasteiger partial charge in [0.15, 0.2) is 11.6 Å². The van der Waals surface area contributed by atoms with Crippen molar-refractivity contribution in [3.05, 3.63) is 104 Å². The summed E-state index contributed by atoms with van der Waals surface area (Å²) >= 11 is 12.2. The molecule has 4 aromatic rings. The standard InChI is InChI=1S/C28H24Cl2FN5O2/c1-2-8-24(35(16-7-15-32)27(37)21-11-6-12-22(30)25(21)31)26-33-23-17-18(29)13-14-20(23)28(38)36(26)34-19-9-4-3-5-10-19/h1,3-6,9-14,17,24,34H,7-8,15-16,32H2. The smallest absolute Gasteiger partial charge is 0.280 e. The zero-order valence-corrected chi connectivity index (χ0v) is 21.7. The highest BCUT2D eigenvalue weighted by molar-refractivity contribution is 6.31. The van der Waals surface area contributed by atoms with Crippen LogP contribution in [0.4, 0.5) is 10.1 Å². The molecule has 0 bridgehead atoms. The van der Waals surface area contributed by atoms with E-state index in [1.54, 1.807) is 42.5 Å². The predicted octanol–water partition coefficient (Wildman–Crippen LogP) is 5.27. The van der Waals surface area contributed by atoms with Crippen molar-refractivity contribution in [2.75, 3.05) is 18.5 Å². The Bertz CT molecular complexity index is 1570. The monoisotopic (exact) mass is 551 g/mol. The maximum Gasteiger partial charge on any atom is 0.280 e. The van der Waals surface area contributed by atoms with Gasteiger partial charge in [0.1, 0.15) is 6.04 Å². The van der Waals surface area contributed by atoms with Crippen LogP contribution < -0.4 is 16.7 Å². The summed E-state index contributed by atoms with van der Waals surface area (Å²) in [6.07, 6.45) is 6.11. The van der Waals surface area contributed by atoms with Crippen LogP contribution in [0.3, 0.4) is 0 Å². The number of benzene rings is 3. The van der Waals surface area contributed by atoms with Gasteiger partial charge < -0.3 is 10.6 Å². The number of terminal acetylenes is 1. The van der Waals surface area contributed by atoms with Crippen LogP contribution in [-0.4, -0.2) is 33.6 Å². The Morgan fingerprint density at radius 1 is 1.16 bits per heavy atom. The third-order valence-electron chi connectivity index (χ3n) is 5.90. The van der Waals surface area contributed by atoms with Crippen LogP contribution >= 0.6 is 23.2 Å². The fraction of sp³-hybridized carbons (Fsp3) is 0.179. The van der Waals surface area contributed by atoms with Crippen molar-refractivity contribution in [2.45, 2.75) is 18.9 Å². The van der Waals surface area contributed by atoms with Crippen LogP contribution in [0.5, 0.6) is 0 Å². The molecule has 0 radical (unpaired) electrons. The Morgan fingerprint density at radius 2 is 1.92 bits per heavy atom. The lowest BCUT2D eigenvalue weighted by atomic mass is 10.1. The summed E-state index contributed by atoms with van der Waals surface area (Å²) in [5, 5.41) is 0.501. The summed E-state index contributed by atoms with van der Waals surface area (Å²) in [6.45, 7) is 0.392. The quantitative estimate of drug-likeness (QED) is 0.276. The van der Waals surface area contributed by atoms with Crippen molar-refractivity contribution in [3.8, 4) is 12.3 Å². The van der Waals surface area contributed by atoms with Gasteiger partial charge in [-0.05, 0) is 55.4 Å². The number of nitrogens with zero attached hydrogens (tertiary/aromatic N) is 3.